The predicted molar refractivity (Wildman–Crippen MR) is 155 cm³/mol. The Balaban J connectivity index is 2.11. The number of aliphatic imine (C=N–C) groups is 1. The van der Waals surface area contributed by atoms with Gasteiger partial charge in [0.05, 0.1) is 19.6 Å². The van der Waals surface area contributed by atoms with Crippen LogP contribution >= 0.6 is 0 Å². The molecule has 2 aliphatic rings. The number of aliphatic hydroxyl groups excluding tert-OH is 1. The van der Waals surface area contributed by atoms with Gasteiger partial charge in [0.1, 0.15) is 30.2 Å². The number of carbonyl (C=O) groups is 8. The van der Waals surface area contributed by atoms with Crippen LogP contribution in [-0.4, -0.2) is 120 Å². The Morgan fingerprint density at radius 3 is 2.18 bits per heavy atom. The third-order valence-corrected chi connectivity index (χ3v) is 7.00. The van der Waals surface area contributed by atoms with Crippen molar-refractivity contribution >= 4 is 53.2 Å². The van der Waals surface area contributed by atoms with Crippen molar-refractivity contribution in [2.45, 2.75) is 75.2 Å². The zero-order valence-corrected chi connectivity index (χ0v) is 24.6. The average Bonchev–Trinajstić information content (AvgIpc) is 3.64. The monoisotopic (exact) mass is 639 g/mol. The lowest BCUT2D eigenvalue weighted by molar-refractivity contribution is -0.143. The van der Waals surface area contributed by atoms with Gasteiger partial charge in [-0.1, -0.05) is 0 Å². The first-order chi connectivity index (χ1) is 21.2. The molecule has 14 N–H and O–H groups in total. The molecule has 20 heteroatoms. The minimum absolute atomic E-state index is 0.0701. The number of rotatable bonds is 17. The van der Waals surface area contributed by atoms with Crippen molar-refractivity contribution in [1.29, 1.82) is 0 Å². The summed E-state index contributed by atoms with van der Waals surface area (Å²) in [6.45, 7) is -1.14. The summed E-state index contributed by atoms with van der Waals surface area (Å²) in [4.78, 5) is 104. The fourth-order valence-corrected chi connectivity index (χ4v) is 4.79. The normalized spacial score (nSPS) is 19.3. The quantitative estimate of drug-likeness (QED) is 0.0405. The van der Waals surface area contributed by atoms with Crippen LogP contribution in [0, 0.1) is 0 Å². The number of nitrogens with two attached hydrogens (primary N) is 4. The minimum atomic E-state index is -1.57. The number of carbonyl (C=O) groups excluding carboxylic acids is 8. The number of guanidine groups is 1. The van der Waals surface area contributed by atoms with Gasteiger partial charge in [0, 0.05) is 19.5 Å². The van der Waals surface area contributed by atoms with E-state index in [-0.39, 0.29) is 57.1 Å². The third kappa shape index (κ3) is 11.5. The van der Waals surface area contributed by atoms with Gasteiger partial charge < -0.3 is 59.5 Å². The molecule has 8 amide bonds. The molecule has 0 unspecified atom stereocenters. The summed E-state index contributed by atoms with van der Waals surface area (Å²) in [5.41, 5.74) is 20.9. The smallest absolute Gasteiger partial charge is 0.248 e. The molecule has 0 aromatic rings. The van der Waals surface area contributed by atoms with E-state index in [9.17, 15) is 43.5 Å². The Labute approximate surface area is 257 Å². The Morgan fingerprint density at radius 2 is 1.60 bits per heavy atom. The van der Waals surface area contributed by atoms with Crippen LogP contribution in [0.15, 0.2) is 4.99 Å². The van der Waals surface area contributed by atoms with Gasteiger partial charge in [-0.3, -0.25) is 43.3 Å². The van der Waals surface area contributed by atoms with Gasteiger partial charge in [-0.15, -0.1) is 0 Å². The molecule has 2 rings (SSSR count). The first-order valence-corrected chi connectivity index (χ1v) is 14.2. The standard InChI is InChI=1S/C25H41N11O9/c26-17(38)9-14(34-21(42)13-5-6-19(40)32-13)22(43)35-15(11-37)24(45)36-8-2-4-16(36)23(44)33-12(3-1-7-30-25(28)29)20(41)31-10-18(27)39/h12-16,37H,1-11H2,(H2,26,38)(H2,27,39)(H,31,41)(H,32,40)(H,33,44)(H,34,42)(H,35,43)(H4,28,29,30)/t12-,13-,14-,15-,16-/m0/s1. The summed E-state index contributed by atoms with van der Waals surface area (Å²) < 4.78 is 0. The molecule has 0 aromatic heterocycles. The molecular formula is C25H41N11O9. The zero-order chi connectivity index (χ0) is 33.7. The maximum atomic E-state index is 13.4. The van der Waals surface area contributed by atoms with E-state index in [0.717, 1.165) is 4.90 Å². The highest BCUT2D eigenvalue weighted by molar-refractivity contribution is 5.98. The van der Waals surface area contributed by atoms with Crippen molar-refractivity contribution in [3.63, 3.8) is 0 Å². The highest BCUT2D eigenvalue weighted by atomic mass is 16.3. The molecule has 0 aromatic carbocycles. The lowest BCUT2D eigenvalue weighted by Gasteiger charge is -2.30. The molecule has 5 atom stereocenters. The van der Waals surface area contributed by atoms with Gasteiger partial charge >= 0.3 is 0 Å². The number of likely N-dealkylation sites (tertiary alicyclic amines) is 1. The summed E-state index contributed by atoms with van der Waals surface area (Å²) >= 11 is 0. The average molecular weight is 640 g/mol. The number of nitrogens with one attached hydrogen (secondary N) is 5. The maximum Gasteiger partial charge on any atom is 0.248 e. The molecule has 250 valence electrons. The molecular weight excluding hydrogens is 598 g/mol. The van der Waals surface area contributed by atoms with E-state index in [1.165, 1.54) is 0 Å². The number of hydrogen-bond donors (Lipinski definition) is 10. The molecule has 2 aliphatic heterocycles. The van der Waals surface area contributed by atoms with E-state index in [4.69, 9.17) is 22.9 Å². The molecule has 0 saturated carbocycles. The molecule has 0 spiro atoms. The second-order valence-corrected chi connectivity index (χ2v) is 10.5. The van der Waals surface area contributed by atoms with Crippen LogP contribution in [-0.2, 0) is 38.4 Å². The second-order valence-electron chi connectivity index (χ2n) is 10.5. The molecule has 2 heterocycles. The van der Waals surface area contributed by atoms with Crippen LogP contribution in [0.5, 0.6) is 0 Å². The van der Waals surface area contributed by atoms with Crippen molar-refractivity contribution in [3.05, 3.63) is 0 Å². The molecule has 2 saturated heterocycles. The summed E-state index contributed by atoms with van der Waals surface area (Å²) in [5, 5.41) is 21.9. The van der Waals surface area contributed by atoms with Crippen LogP contribution in [0.3, 0.4) is 0 Å². The molecule has 0 aliphatic carbocycles. The van der Waals surface area contributed by atoms with Gasteiger partial charge in [-0.05, 0) is 32.1 Å². The second kappa shape index (κ2) is 17.3. The highest BCUT2D eigenvalue weighted by Crippen LogP contribution is 2.19. The lowest BCUT2D eigenvalue weighted by Crippen LogP contribution is -2.60. The Morgan fingerprint density at radius 1 is 0.911 bits per heavy atom. The van der Waals surface area contributed by atoms with Crippen molar-refractivity contribution < 1.29 is 43.5 Å². The van der Waals surface area contributed by atoms with Gasteiger partial charge in [0.15, 0.2) is 5.96 Å². The van der Waals surface area contributed by atoms with Gasteiger partial charge in [0.25, 0.3) is 0 Å². The Bertz CT molecular complexity index is 1190. The van der Waals surface area contributed by atoms with Crippen LogP contribution in [0.25, 0.3) is 0 Å². The fraction of sp³-hybridized carbons (Fsp3) is 0.640. The summed E-state index contributed by atoms with van der Waals surface area (Å²) in [5.74, 6) is -6.26. The summed E-state index contributed by atoms with van der Waals surface area (Å²) in [6, 6.07) is -6.24. The lowest BCUT2D eigenvalue weighted by atomic mass is 10.1. The predicted octanol–water partition coefficient (Wildman–Crippen LogP) is -6.77. The van der Waals surface area contributed by atoms with E-state index < -0.39 is 91.1 Å². The van der Waals surface area contributed by atoms with E-state index >= 15 is 0 Å². The van der Waals surface area contributed by atoms with Crippen LogP contribution in [0.1, 0.15) is 44.9 Å². The molecule has 45 heavy (non-hydrogen) atoms. The highest BCUT2D eigenvalue weighted by Gasteiger charge is 2.40. The first kappa shape index (κ1) is 36.2. The largest absolute Gasteiger partial charge is 0.394 e. The minimum Gasteiger partial charge on any atom is -0.394 e. The van der Waals surface area contributed by atoms with Gasteiger partial charge in [0.2, 0.25) is 47.3 Å². The first-order valence-electron chi connectivity index (χ1n) is 14.2. The SMILES string of the molecule is NC(=O)CNC(=O)[C@H](CCCN=C(N)N)NC(=O)[C@@H]1CCCN1C(=O)[C@H](CO)NC(=O)[C@H](CC(N)=O)NC(=O)[C@@H]1CCC(=O)N1. The number of nitrogens with zero attached hydrogens (tertiary/aromatic N) is 2. The fourth-order valence-electron chi connectivity index (χ4n) is 4.79. The molecule has 2 fully saturated rings. The maximum absolute atomic E-state index is 13.4. The Hall–Kier alpha value is -5.01. The molecule has 0 radical (unpaired) electrons. The third-order valence-electron chi connectivity index (χ3n) is 7.00. The Kier molecular flexibility index (Phi) is 13.9. The van der Waals surface area contributed by atoms with E-state index in [2.05, 4.69) is 31.6 Å². The topological polar surface area (TPSA) is 337 Å². The van der Waals surface area contributed by atoms with Crippen LogP contribution in [0.4, 0.5) is 0 Å². The molecule has 0 bridgehead atoms. The van der Waals surface area contributed by atoms with E-state index in [1.807, 2.05) is 0 Å². The van der Waals surface area contributed by atoms with Gasteiger partial charge in [-0.25, -0.2) is 0 Å². The van der Waals surface area contributed by atoms with E-state index in [1.54, 1.807) is 0 Å². The van der Waals surface area contributed by atoms with Crippen molar-refractivity contribution in [3.8, 4) is 0 Å². The summed E-state index contributed by atoms with van der Waals surface area (Å²) in [6.07, 6.45) is 0.563. The number of primary amides is 2. The van der Waals surface area contributed by atoms with Crippen molar-refractivity contribution in [2.75, 3.05) is 26.2 Å². The van der Waals surface area contributed by atoms with E-state index in [0.29, 0.717) is 6.42 Å². The van der Waals surface area contributed by atoms with Crippen molar-refractivity contribution in [2.24, 2.45) is 27.9 Å². The zero-order valence-electron chi connectivity index (χ0n) is 24.6. The molecule has 20 nitrogen and oxygen atoms in total. The van der Waals surface area contributed by atoms with Crippen LogP contribution in [0.2, 0.25) is 0 Å². The van der Waals surface area contributed by atoms with Crippen LogP contribution < -0.4 is 49.5 Å². The van der Waals surface area contributed by atoms with Crippen molar-refractivity contribution in [1.82, 2.24) is 31.5 Å². The number of aliphatic hydroxyl groups is 1. The number of hydrogen-bond acceptors (Lipinski definition) is 10. The number of amides is 8. The summed E-state index contributed by atoms with van der Waals surface area (Å²) in [7, 11) is 0. The van der Waals surface area contributed by atoms with Gasteiger partial charge in [-0.2, -0.15) is 0 Å².